The Hall–Kier alpha value is -2.04. The summed E-state index contributed by atoms with van der Waals surface area (Å²) in [5.74, 6) is -0.398. The molecule has 0 N–H and O–H groups in total. The lowest BCUT2D eigenvalue weighted by Crippen LogP contribution is -2.53. The van der Waals surface area contributed by atoms with E-state index in [2.05, 4.69) is 0 Å². The maximum Gasteiger partial charge on any atom is 0.411 e. The molecule has 5 nitrogen and oxygen atoms in total. The number of amides is 1. The van der Waals surface area contributed by atoms with E-state index in [1.807, 2.05) is 30.3 Å². The average molecular weight is 291 g/mol. The van der Waals surface area contributed by atoms with E-state index in [1.165, 1.54) is 4.90 Å². The molecule has 21 heavy (non-hydrogen) atoms. The van der Waals surface area contributed by atoms with Crippen LogP contribution in [0.15, 0.2) is 30.3 Å². The third kappa shape index (κ3) is 4.48. The van der Waals surface area contributed by atoms with Crippen molar-refractivity contribution < 1.29 is 19.1 Å². The summed E-state index contributed by atoms with van der Waals surface area (Å²) in [5, 5.41) is 0. The zero-order chi connectivity index (χ0) is 15.5. The third-order valence-electron chi connectivity index (χ3n) is 3.12. The maximum absolute atomic E-state index is 12.3. The van der Waals surface area contributed by atoms with Crippen molar-refractivity contribution in [2.24, 2.45) is 0 Å². The second kappa shape index (κ2) is 6.16. The molecule has 5 heteroatoms. The molecule has 1 aliphatic heterocycles. The van der Waals surface area contributed by atoms with Gasteiger partial charge >= 0.3 is 12.1 Å². The Morgan fingerprint density at radius 2 is 2.00 bits per heavy atom. The van der Waals surface area contributed by atoms with Crippen molar-refractivity contribution in [3.05, 3.63) is 35.9 Å². The van der Waals surface area contributed by atoms with Gasteiger partial charge in [-0.3, -0.25) is 9.69 Å². The first kappa shape index (κ1) is 15.4. The van der Waals surface area contributed by atoms with Gasteiger partial charge in [-0.25, -0.2) is 4.79 Å². The zero-order valence-electron chi connectivity index (χ0n) is 12.7. The lowest BCUT2D eigenvalue weighted by atomic mass is 10.0. The Labute approximate surface area is 124 Å². The molecule has 1 unspecified atom stereocenters. The van der Waals surface area contributed by atoms with E-state index < -0.39 is 17.7 Å². The van der Waals surface area contributed by atoms with Crippen LogP contribution in [-0.2, 0) is 20.7 Å². The van der Waals surface area contributed by atoms with Crippen molar-refractivity contribution in [2.75, 3.05) is 13.2 Å². The van der Waals surface area contributed by atoms with Gasteiger partial charge in [0.1, 0.15) is 18.8 Å². The fraction of sp³-hybridized carbons (Fsp3) is 0.500. The first-order valence-corrected chi connectivity index (χ1v) is 7.04. The highest BCUT2D eigenvalue weighted by atomic mass is 16.6. The minimum atomic E-state index is -0.588. The third-order valence-corrected chi connectivity index (χ3v) is 3.12. The van der Waals surface area contributed by atoms with Gasteiger partial charge < -0.3 is 9.47 Å². The zero-order valence-corrected chi connectivity index (χ0v) is 12.7. The Morgan fingerprint density at radius 1 is 1.33 bits per heavy atom. The van der Waals surface area contributed by atoms with E-state index in [1.54, 1.807) is 20.8 Å². The van der Waals surface area contributed by atoms with Crippen molar-refractivity contribution in [3.63, 3.8) is 0 Å². The summed E-state index contributed by atoms with van der Waals surface area (Å²) in [6.45, 7) is 5.55. The highest BCUT2D eigenvalue weighted by molar-refractivity contribution is 5.79. The number of ether oxygens (including phenoxy) is 2. The number of nitrogens with zero attached hydrogens (tertiary/aromatic N) is 1. The largest absolute Gasteiger partial charge is 0.462 e. The molecule has 1 saturated heterocycles. The van der Waals surface area contributed by atoms with Crippen LogP contribution >= 0.6 is 0 Å². The Kier molecular flexibility index (Phi) is 4.50. The minimum absolute atomic E-state index is 0.0631. The topological polar surface area (TPSA) is 55.8 Å². The van der Waals surface area contributed by atoms with Gasteiger partial charge in [0, 0.05) is 0 Å². The van der Waals surface area contributed by atoms with Crippen molar-refractivity contribution in [1.29, 1.82) is 0 Å². The second-order valence-corrected chi connectivity index (χ2v) is 6.13. The van der Waals surface area contributed by atoms with E-state index in [4.69, 9.17) is 9.47 Å². The van der Waals surface area contributed by atoms with E-state index in [0.29, 0.717) is 6.42 Å². The van der Waals surface area contributed by atoms with E-state index >= 15 is 0 Å². The smallest absolute Gasteiger partial charge is 0.411 e. The molecule has 0 aromatic heterocycles. The van der Waals surface area contributed by atoms with Crippen LogP contribution in [0.25, 0.3) is 0 Å². The number of hydrogen-bond acceptors (Lipinski definition) is 4. The van der Waals surface area contributed by atoms with Crippen LogP contribution in [0.3, 0.4) is 0 Å². The molecular weight excluding hydrogens is 270 g/mol. The summed E-state index contributed by atoms with van der Waals surface area (Å²) in [6, 6.07) is 9.62. The van der Waals surface area contributed by atoms with Gasteiger partial charge in [-0.2, -0.15) is 0 Å². The number of esters is 1. The molecule has 1 amide bonds. The Balaban J connectivity index is 2.10. The van der Waals surface area contributed by atoms with Crippen LogP contribution in [0.5, 0.6) is 0 Å². The Bertz CT molecular complexity index is 507. The number of benzene rings is 1. The number of carbonyl (C=O) groups is 2. The summed E-state index contributed by atoms with van der Waals surface area (Å²) in [4.78, 5) is 25.2. The predicted octanol–water partition coefficient (Wildman–Crippen LogP) is 2.39. The molecule has 1 fully saturated rings. The van der Waals surface area contributed by atoms with Crippen molar-refractivity contribution in [1.82, 2.24) is 4.90 Å². The summed E-state index contributed by atoms with van der Waals surface area (Å²) < 4.78 is 10.5. The molecule has 1 aliphatic rings. The number of cyclic esters (lactones) is 1. The van der Waals surface area contributed by atoms with E-state index in [9.17, 15) is 9.59 Å². The van der Waals surface area contributed by atoms with E-state index in [-0.39, 0.29) is 19.2 Å². The van der Waals surface area contributed by atoms with Gasteiger partial charge in [-0.05, 0) is 32.8 Å². The molecule has 0 saturated carbocycles. The number of carbonyl (C=O) groups excluding carboxylic acids is 2. The predicted molar refractivity (Wildman–Crippen MR) is 77.8 cm³/mol. The van der Waals surface area contributed by atoms with Crippen molar-refractivity contribution >= 4 is 12.1 Å². The quantitative estimate of drug-likeness (QED) is 0.785. The molecular formula is C16H21NO4. The molecule has 0 aliphatic carbocycles. The molecule has 114 valence electrons. The SMILES string of the molecule is CC(C)(C)OC(=O)N1CC(=O)OCC1Cc1ccccc1. The van der Waals surface area contributed by atoms with Crippen molar-refractivity contribution in [3.8, 4) is 0 Å². The van der Waals surface area contributed by atoms with Gasteiger partial charge in [0.2, 0.25) is 0 Å². The first-order chi connectivity index (χ1) is 9.85. The lowest BCUT2D eigenvalue weighted by Gasteiger charge is -2.35. The maximum atomic E-state index is 12.3. The summed E-state index contributed by atoms with van der Waals surface area (Å²) in [7, 11) is 0. The van der Waals surface area contributed by atoms with Gasteiger partial charge in [0.25, 0.3) is 0 Å². The molecule has 2 rings (SSSR count). The summed E-state index contributed by atoms with van der Waals surface area (Å²) >= 11 is 0. The highest BCUT2D eigenvalue weighted by Gasteiger charge is 2.34. The molecule has 0 bridgehead atoms. The van der Waals surface area contributed by atoms with Crippen molar-refractivity contribution in [2.45, 2.75) is 38.8 Å². The lowest BCUT2D eigenvalue weighted by molar-refractivity contribution is -0.153. The molecule has 1 heterocycles. The summed E-state index contributed by atoms with van der Waals surface area (Å²) in [5.41, 5.74) is 0.504. The fourth-order valence-electron chi connectivity index (χ4n) is 2.18. The number of morpholine rings is 1. The Morgan fingerprint density at radius 3 is 2.62 bits per heavy atom. The molecule has 1 aromatic carbocycles. The molecule has 0 spiro atoms. The minimum Gasteiger partial charge on any atom is -0.462 e. The van der Waals surface area contributed by atoms with Gasteiger partial charge in [0.15, 0.2) is 0 Å². The number of hydrogen-bond donors (Lipinski definition) is 0. The highest BCUT2D eigenvalue weighted by Crippen LogP contribution is 2.18. The van der Waals surface area contributed by atoms with Gasteiger partial charge in [-0.15, -0.1) is 0 Å². The van der Waals surface area contributed by atoms with Crippen LogP contribution in [0.4, 0.5) is 4.79 Å². The molecule has 1 aromatic rings. The van der Waals surface area contributed by atoms with Crippen LogP contribution in [0.1, 0.15) is 26.3 Å². The van der Waals surface area contributed by atoms with Gasteiger partial charge in [0.05, 0.1) is 6.04 Å². The first-order valence-electron chi connectivity index (χ1n) is 7.04. The van der Waals surface area contributed by atoms with Gasteiger partial charge in [-0.1, -0.05) is 30.3 Å². The standard InChI is InChI=1S/C16H21NO4/c1-16(2,3)21-15(19)17-10-14(18)20-11-13(17)9-12-7-5-4-6-8-12/h4-8,13H,9-11H2,1-3H3. The summed E-state index contributed by atoms with van der Waals surface area (Å²) in [6.07, 6.45) is 0.160. The normalized spacial score (nSPS) is 19.1. The van der Waals surface area contributed by atoms with Crippen LogP contribution in [-0.4, -0.2) is 41.8 Å². The monoisotopic (exact) mass is 291 g/mol. The molecule has 1 atom stereocenters. The van der Waals surface area contributed by atoms with Crippen LogP contribution < -0.4 is 0 Å². The fourth-order valence-corrected chi connectivity index (χ4v) is 2.18. The van der Waals surface area contributed by atoms with E-state index in [0.717, 1.165) is 5.56 Å². The average Bonchev–Trinajstić information content (AvgIpc) is 2.40. The second-order valence-electron chi connectivity index (χ2n) is 6.13. The van der Waals surface area contributed by atoms with Crippen LogP contribution in [0.2, 0.25) is 0 Å². The number of rotatable bonds is 2. The molecule has 0 radical (unpaired) electrons. The van der Waals surface area contributed by atoms with Crippen LogP contribution in [0, 0.1) is 0 Å².